The second kappa shape index (κ2) is 6.36. The number of nitrogens with one attached hydrogen (secondary N) is 1. The fourth-order valence-corrected chi connectivity index (χ4v) is 2.39. The Morgan fingerprint density at radius 3 is 2.84 bits per heavy atom. The summed E-state index contributed by atoms with van der Waals surface area (Å²) < 4.78 is 5.03. The molecule has 0 radical (unpaired) electrons. The van der Waals surface area contributed by atoms with E-state index in [0.717, 1.165) is 32.2 Å². The molecule has 0 saturated heterocycles. The van der Waals surface area contributed by atoms with Crippen molar-refractivity contribution < 1.29 is 14.6 Å². The molecule has 1 aromatic rings. The lowest BCUT2D eigenvalue weighted by Gasteiger charge is -2.26. The van der Waals surface area contributed by atoms with Crippen molar-refractivity contribution in [2.45, 2.75) is 25.7 Å². The van der Waals surface area contributed by atoms with Gasteiger partial charge in [-0.3, -0.25) is 4.79 Å². The summed E-state index contributed by atoms with van der Waals surface area (Å²) in [5.74, 6) is 0.754. The number of aliphatic carboxylic acids is 1. The van der Waals surface area contributed by atoms with Gasteiger partial charge in [0.1, 0.15) is 0 Å². The Morgan fingerprint density at radius 2 is 2.21 bits per heavy atom. The number of rotatable bonds is 5. The minimum Gasteiger partial charge on any atom is -0.481 e. The highest BCUT2D eigenvalue weighted by molar-refractivity contribution is 5.69. The zero-order valence-corrected chi connectivity index (χ0v) is 11.0. The second-order valence-corrected chi connectivity index (χ2v) is 4.86. The van der Waals surface area contributed by atoms with Crippen molar-refractivity contribution in [1.29, 1.82) is 0 Å². The molecule has 0 aliphatic heterocycles. The number of hydrogen-bond donors (Lipinski definition) is 2. The molecule has 1 aromatic heterocycles. The van der Waals surface area contributed by atoms with Crippen molar-refractivity contribution in [2.75, 3.05) is 19.0 Å². The summed E-state index contributed by atoms with van der Waals surface area (Å²) in [6.45, 7) is 0.777. The monoisotopic (exact) mass is 265 g/mol. The standard InChI is InChI=1S/C13H19N3O3/c1-19-11-6-7-14-13(16-11)15-8-9-2-4-10(5-3-9)12(17)18/h6-7,9-10H,2-5,8H2,1H3,(H,17,18)(H,14,15,16). The number of hydrogen-bond acceptors (Lipinski definition) is 5. The Balaban J connectivity index is 1.78. The molecule has 1 aliphatic carbocycles. The molecule has 6 nitrogen and oxygen atoms in total. The van der Waals surface area contributed by atoms with Crippen molar-refractivity contribution in [3.63, 3.8) is 0 Å². The summed E-state index contributed by atoms with van der Waals surface area (Å²) >= 11 is 0. The maximum Gasteiger partial charge on any atom is 0.306 e. The summed E-state index contributed by atoms with van der Waals surface area (Å²) in [6, 6.07) is 1.70. The summed E-state index contributed by atoms with van der Waals surface area (Å²) in [7, 11) is 1.57. The number of aromatic nitrogens is 2. The van der Waals surface area contributed by atoms with Crippen LogP contribution in [0.15, 0.2) is 12.3 Å². The molecule has 0 aromatic carbocycles. The predicted octanol–water partition coefficient (Wildman–Crippen LogP) is 1.79. The van der Waals surface area contributed by atoms with Gasteiger partial charge in [-0.25, -0.2) is 4.98 Å². The average molecular weight is 265 g/mol. The first-order valence-electron chi connectivity index (χ1n) is 6.52. The van der Waals surface area contributed by atoms with Crippen molar-refractivity contribution >= 4 is 11.9 Å². The summed E-state index contributed by atoms with van der Waals surface area (Å²) in [5, 5.41) is 12.1. The van der Waals surface area contributed by atoms with Gasteiger partial charge in [0.2, 0.25) is 11.8 Å². The minimum absolute atomic E-state index is 0.163. The van der Waals surface area contributed by atoms with Crippen molar-refractivity contribution in [3.8, 4) is 5.88 Å². The summed E-state index contributed by atoms with van der Waals surface area (Å²) in [4.78, 5) is 19.2. The number of carbonyl (C=O) groups is 1. The third kappa shape index (κ3) is 3.81. The molecular weight excluding hydrogens is 246 g/mol. The smallest absolute Gasteiger partial charge is 0.306 e. The number of methoxy groups -OCH3 is 1. The quantitative estimate of drug-likeness (QED) is 0.844. The van der Waals surface area contributed by atoms with Gasteiger partial charge in [-0.1, -0.05) is 0 Å². The van der Waals surface area contributed by atoms with Crippen LogP contribution in [0.2, 0.25) is 0 Å². The van der Waals surface area contributed by atoms with Gasteiger partial charge >= 0.3 is 5.97 Å². The molecule has 2 N–H and O–H groups in total. The van der Waals surface area contributed by atoms with E-state index in [-0.39, 0.29) is 5.92 Å². The van der Waals surface area contributed by atoms with E-state index in [0.29, 0.717) is 17.7 Å². The van der Waals surface area contributed by atoms with Crippen LogP contribution >= 0.6 is 0 Å². The lowest BCUT2D eigenvalue weighted by atomic mass is 9.82. The molecule has 2 rings (SSSR count). The zero-order valence-electron chi connectivity index (χ0n) is 11.0. The predicted molar refractivity (Wildman–Crippen MR) is 70.2 cm³/mol. The molecule has 0 unspecified atom stereocenters. The van der Waals surface area contributed by atoms with E-state index in [1.165, 1.54) is 0 Å². The fraction of sp³-hybridized carbons (Fsp3) is 0.615. The van der Waals surface area contributed by atoms with Gasteiger partial charge in [0.25, 0.3) is 0 Å². The Hall–Kier alpha value is -1.85. The topological polar surface area (TPSA) is 84.3 Å². The number of carboxylic acids is 1. The van der Waals surface area contributed by atoms with Crippen LogP contribution in [0.5, 0.6) is 5.88 Å². The van der Waals surface area contributed by atoms with Crippen LogP contribution in [0.4, 0.5) is 5.95 Å². The van der Waals surface area contributed by atoms with Crippen LogP contribution in [0.3, 0.4) is 0 Å². The van der Waals surface area contributed by atoms with Crippen LogP contribution in [0.25, 0.3) is 0 Å². The molecule has 1 aliphatic rings. The van der Waals surface area contributed by atoms with Gasteiger partial charge in [-0.05, 0) is 31.6 Å². The molecule has 0 spiro atoms. The SMILES string of the molecule is COc1ccnc(NCC2CCC(C(=O)O)CC2)n1. The second-order valence-electron chi connectivity index (χ2n) is 4.86. The van der Waals surface area contributed by atoms with E-state index in [1.807, 2.05) is 0 Å². The fourth-order valence-electron chi connectivity index (χ4n) is 2.39. The van der Waals surface area contributed by atoms with Gasteiger partial charge < -0.3 is 15.2 Å². The highest BCUT2D eigenvalue weighted by Crippen LogP contribution is 2.28. The van der Waals surface area contributed by atoms with Gasteiger partial charge in [-0.2, -0.15) is 4.98 Å². The van der Waals surface area contributed by atoms with Crippen molar-refractivity contribution in [1.82, 2.24) is 9.97 Å². The Labute approximate surface area is 112 Å². The van der Waals surface area contributed by atoms with Gasteiger partial charge in [-0.15, -0.1) is 0 Å². The van der Waals surface area contributed by atoms with E-state index in [4.69, 9.17) is 9.84 Å². The first-order chi connectivity index (χ1) is 9.19. The summed E-state index contributed by atoms with van der Waals surface area (Å²) in [5.41, 5.74) is 0. The van der Waals surface area contributed by atoms with Crippen LogP contribution in [-0.4, -0.2) is 34.7 Å². The molecule has 1 saturated carbocycles. The molecule has 0 atom stereocenters. The van der Waals surface area contributed by atoms with E-state index < -0.39 is 5.97 Å². The lowest BCUT2D eigenvalue weighted by molar-refractivity contribution is -0.143. The molecule has 6 heteroatoms. The average Bonchev–Trinajstić information content (AvgIpc) is 2.46. The Kier molecular flexibility index (Phi) is 4.54. The Morgan fingerprint density at radius 1 is 1.47 bits per heavy atom. The number of nitrogens with zero attached hydrogens (tertiary/aromatic N) is 2. The molecule has 0 bridgehead atoms. The van der Waals surface area contributed by atoms with Gasteiger partial charge in [0.15, 0.2) is 0 Å². The van der Waals surface area contributed by atoms with E-state index in [2.05, 4.69) is 15.3 Å². The minimum atomic E-state index is -0.664. The van der Waals surface area contributed by atoms with Crippen LogP contribution < -0.4 is 10.1 Å². The van der Waals surface area contributed by atoms with Gasteiger partial charge in [0, 0.05) is 18.8 Å². The van der Waals surface area contributed by atoms with Crippen LogP contribution in [-0.2, 0) is 4.79 Å². The maximum absolute atomic E-state index is 10.9. The maximum atomic E-state index is 10.9. The van der Waals surface area contributed by atoms with Crippen molar-refractivity contribution in [3.05, 3.63) is 12.3 Å². The van der Waals surface area contributed by atoms with Gasteiger partial charge in [0.05, 0.1) is 13.0 Å². The van der Waals surface area contributed by atoms with E-state index >= 15 is 0 Å². The number of ether oxygens (including phenoxy) is 1. The van der Waals surface area contributed by atoms with Crippen LogP contribution in [0, 0.1) is 11.8 Å². The summed E-state index contributed by atoms with van der Waals surface area (Å²) in [6.07, 6.45) is 5.05. The lowest BCUT2D eigenvalue weighted by Crippen LogP contribution is -2.25. The normalized spacial score (nSPS) is 22.8. The third-order valence-corrected chi connectivity index (χ3v) is 3.58. The third-order valence-electron chi connectivity index (χ3n) is 3.58. The molecule has 0 amide bonds. The molecular formula is C13H19N3O3. The van der Waals surface area contributed by atoms with E-state index in [9.17, 15) is 4.79 Å². The highest BCUT2D eigenvalue weighted by Gasteiger charge is 2.25. The molecule has 1 heterocycles. The van der Waals surface area contributed by atoms with Crippen molar-refractivity contribution in [2.24, 2.45) is 11.8 Å². The first-order valence-corrected chi connectivity index (χ1v) is 6.52. The van der Waals surface area contributed by atoms with E-state index in [1.54, 1.807) is 19.4 Å². The molecule has 1 fully saturated rings. The molecule has 104 valence electrons. The number of carboxylic acid groups (broad SMARTS) is 1. The Bertz CT molecular complexity index is 431. The molecule has 19 heavy (non-hydrogen) atoms. The largest absolute Gasteiger partial charge is 0.481 e. The number of anilines is 1. The zero-order chi connectivity index (χ0) is 13.7. The first kappa shape index (κ1) is 13.6. The van der Waals surface area contributed by atoms with Crippen LogP contribution in [0.1, 0.15) is 25.7 Å². The highest BCUT2D eigenvalue weighted by atomic mass is 16.5.